The van der Waals surface area contributed by atoms with E-state index in [9.17, 15) is 9.18 Å². The van der Waals surface area contributed by atoms with Gasteiger partial charge in [-0.1, -0.05) is 6.08 Å². The molecule has 17 heavy (non-hydrogen) atoms. The topological polar surface area (TPSA) is 54.0 Å². The molecular weight excluding hydrogens is 221 g/mol. The number of pyridine rings is 1. The molecule has 1 amide bonds. The van der Waals surface area contributed by atoms with Gasteiger partial charge in [0.1, 0.15) is 5.69 Å². The van der Waals surface area contributed by atoms with Crippen molar-refractivity contribution < 1.29 is 9.18 Å². The summed E-state index contributed by atoms with van der Waals surface area (Å²) in [5, 5.41) is 5.57. The second-order valence-corrected chi connectivity index (χ2v) is 3.80. The number of carbonyl (C=O) groups excluding carboxylic acids is 1. The summed E-state index contributed by atoms with van der Waals surface area (Å²) >= 11 is 0. The van der Waals surface area contributed by atoms with E-state index < -0.39 is 5.95 Å². The molecule has 2 rings (SSSR count). The first-order chi connectivity index (χ1) is 8.22. The number of aromatic nitrogens is 1. The van der Waals surface area contributed by atoms with Crippen LogP contribution >= 0.6 is 0 Å². The van der Waals surface area contributed by atoms with Crippen LogP contribution in [0.2, 0.25) is 0 Å². The molecule has 1 aromatic heterocycles. The van der Waals surface area contributed by atoms with Gasteiger partial charge in [0, 0.05) is 19.2 Å². The molecule has 0 spiro atoms. The summed E-state index contributed by atoms with van der Waals surface area (Å²) in [4.78, 5) is 15.0. The summed E-state index contributed by atoms with van der Waals surface area (Å²) in [6.45, 7) is 1.58. The monoisotopic (exact) mass is 235 g/mol. The summed E-state index contributed by atoms with van der Waals surface area (Å²) in [5.41, 5.74) is 1.53. The van der Waals surface area contributed by atoms with Crippen LogP contribution in [0.4, 0.5) is 4.39 Å². The number of carbonyl (C=O) groups is 1. The van der Waals surface area contributed by atoms with Gasteiger partial charge in [0.25, 0.3) is 5.91 Å². The predicted molar refractivity (Wildman–Crippen MR) is 63.0 cm³/mol. The smallest absolute Gasteiger partial charge is 0.269 e. The number of amides is 1. The van der Waals surface area contributed by atoms with E-state index in [1.54, 1.807) is 12.1 Å². The number of nitrogens with one attached hydrogen (secondary N) is 2. The molecule has 0 unspecified atom stereocenters. The van der Waals surface area contributed by atoms with Crippen LogP contribution < -0.4 is 10.6 Å². The average Bonchev–Trinajstić information content (AvgIpc) is 2.38. The molecule has 2 N–H and O–H groups in total. The summed E-state index contributed by atoms with van der Waals surface area (Å²) in [5.74, 6) is -0.964. The Morgan fingerprint density at radius 1 is 1.53 bits per heavy atom. The van der Waals surface area contributed by atoms with Crippen molar-refractivity contribution in [3.63, 3.8) is 0 Å². The van der Waals surface area contributed by atoms with Crippen LogP contribution in [0.1, 0.15) is 22.5 Å². The van der Waals surface area contributed by atoms with Crippen LogP contribution in [0.3, 0.4) is 0 Å². The van der Waals surface area contributed by atoms with Crippen LogP contribution in [-0.4, -0.2) is 31.0 Å². The van der Waals surface area contributed by atoms with Gasteiger partial charge in [0.15, 0.2) is 0 Å². The highest BCUT2D eigenvalue weighted by molar-refractivity contribution is 5.92. The number of rotatable bonds is 2. The van der Waals surface area contributed by atoms with E-state index in [4.69, 9.17) is 0 Å². The van der Waals surface area contributed by atoms with Gasteiger partial charge in [0.05, 0.1) is 0 Å². The highest BCUT2D eigenvalue weighted by Crippen LogP contribution is 2.21. The second kappa shape index (κ2) is 5.05. The zero-order chi connectivity index (χ0) is 12.3. The molecule has 0 saturated heterocycles. The fourth-order valence-electron chi connectivity index (χ4n) is 1.80. The molecule has 0 radical (unpaired) electrons. The molecule has 2 heterocycles. The van der Waals surface area contributed by atoms with E-state index in [1.165, 1.54) is 7.05 Å². The molecular formula is C12H14FN3O. The minimum atomic E-state index is -0.584. The minimum absolute atomic E-state index is 0.100. The standard InChI is InChI=1S/C12H14FN3O/c1-14-12(17)10-3-2-9(11(13)16-10)8-4-6-15-7-5-8/h2-4,15H,5-7H2,1H3,(H,14,17). The first-order valence-electron chi connectivity index (χ1n) is 5.51. The van der Waals surface area contributed by atoms with Crippen molar-refractivity contribution in [2.75, 3.05) is 20.1 Å². The van der Waals surface area contributed by atoms with E-state index in [0.29, 0.717) is 5.56 Å². The fraction of sp³-hybridized carbons (Fsp3) is 0.333. The molecule has 1 aliphatic heterocycles. The zero-order valence-corrected chi connectivity index (χ0v) is 9.59. The van der Waals surface area contributed by atoms with Crippen molar-refractivity contribution in [1.82, 2.24) is 15.6 Å². The predicted octanol–water partition coefficient (Wildman–Crippen LogP) is 0.957. The van der Waals surface area contributed by atoms with Gasteiger partial charge in [-0.25, -0.2) is 4.98 Å². The first-order valence-corrected chi connectivity index (χ1v) is 5.51. The molecule has 0 saturated carbocycles. The molecule has 0 aliphatic carbocycles. The summed E-state index contributed by atoms with van der Waals surface area (Å²) in [6.07, 6.45) is 2.72. The average molecular weight is 235 g/mol. The second-order valence-electron chi connectivity index (χ2n) is 3.80. The number of halogens is 1. The Balaban J connectivity index is 2.31. The highest BCUT2D eigenvalue weighted by atomic mass is 19.1. The van der Waals surface area contributed by atoms with Crippen molar-refractivity contribution in [1.29, 1.82) is 0 Å². The maximum Gasteiger partial charge on any atom is 0.269 e. The number of nitrogens with zero attached hydrogens (tertiary/aromatic N) is 1. The van der Waals surface area contributed by atoms with Gasteiger partial charge in [-0.05, 0) is 30.7 Å². The lowest BCUT2D eigenvalue weighted by molar-refractivity contribution is 0.0957. The van der Waals surface area contributed by atoms with Gasteiger partial charge in [-0.3, -0.25) is 4.79 Å². The third-order valence-electron chi connectivity index (χ3n) is 2.72. The Hall–Kier alpha value is -1.75. The Morgan fingerprint density at radius 3 is 2.94 bits per heavy atom. The highest BCUT2D eigenvalue weighted by Gasteiger charge is 2.14. The van der Waals surface area contributed by atoms with Crippen molar-refractivity contribution in [2.24, 2.45) is 0 Å². The van der Waals surface area contributed by atoms with Crippen LogP contribution in [0.15, 0.2) is 18.2 Å². The van der Waals surface area contributed by atoms with E-state index in [2.05, 4.69) is 15.6 Å². The van der Waals surface area contributed by atoms with E-state index in [0.717, 1.165) is 25.1 Å². The third kappa shape index (κ3) is 2.50. The molecule has 1 aromatic rings. The van der Waals surface area contributed by atoms with E-state index >= 15 is 0 Å². The molecule has 0 aromatic carbocycles. The van der Waals surface area contributed by atoms with Gasteiger partial charge >= 0.3 is 0 Å². The van der Waals surface area contributed by atoms with Crippen LogP contribution in [0.5, 0.6) is 0 Å². The molecule has 1 aliphatic rings. The van der Waals surface area contributed by atoms with Gasteiger partial charge in [-0.15, -0.1) is 0 Å². The normalized spacial score (nSPS) is 15.3. The van der Waals surface area contributed by atoms with Gasteiger partial charge in [0.2, 0.25) is 5.95 Å². The summed E-state index contributed by atoms with van der Waals surface area (Å²) in [6, 6.07) is 3.16. The number of hydrogen-bond acceptors (Lipinski definition) is 3. The first kappa shape index (κ1) is 11.7. The maximum absolute atomic E-state index is 13.8. The zero-order valence-electron chi connectivity index (χ0n) is 9.59. The number of hydrogen-bond donors (Lipinski definition) is 2. The lowest BCUT2D eigenvalue weighted by Crippen LogP contribution is -2.21. The van der Waals surface area contributed by atoms with Crippen molar-refractivity contribution >= 4 is 11.5 Å². The quantitative estimate of drug-likeness (QED) is 0.751. The minimum Gasteiger partial charge on any atom is -0.354 e. The molecule has 0 atom stereocenters. The van der Waals surface area contributed by atoms with Crippen molar-refractivity contribution in [3.05, 3.63) is 35.4 Å². The molecule has 4 nitrogen and oxygen atoms in total. The molecule has 0 bridgehead atoms. The summed E-state index contributed by atoms with van der Waals surface area (Å²) in [7, 11) is 1.49. The Labute approximate surface area is 98.9 Å². The van der Waals surface area contributed by atoms with Crippen molar-refractivity contribution in [3.8, 4) is 0 Å². The third-order valence-corrected chi connectivity index (χ3v) is 2.72. The molecule has 0 fully saturated rings. The summed E-state index contributed by atoms with van der Waals surface area (Å²) < 4.78 is 13.8. The molecule has 90 valence electrons. The van der Waals surface area contributed by atoms with Crippen LogP contribution in [0, 0.1) is 5.95 Å². The fourth-order valence-corrected chi connectivity index (χ4v) is 1.80. The Morgan fingerprint density at radius 2 is 2.35 bits per heavy atom. The van der Waals surface area contributed by atoms with E-state index in [-0.39, 0.29) is 11.6 Å². The Kier molecular flexibility index (Phi) is 3.49. The van der Waals surface area contributed by atoms with Crippen LogP contribution in [-0.2, 0) is 0 Å². The van der Waals surface area contributed by atoms with E-state index in [1.807, 2.05) is 6.08 Å². The van der Waals surface area contributed by atoms with Crippen molar-refractivity contribution in [2.45, 2.75) is 6.42 Å². The van der Waals surface area contributed by atoms with Crippen LogP contribution in [0.25, 0.3) is 5.57 Å². The Bertz CT molecular complexity index is 471. The largest absolute Gasteiger partial charge is 0.354 e. The SMILES string of the molecule is CNC(=O)c1ccc(C2=CCNCC2)c(F)n1. The lowest BCUT2D eigenvalue weighted by Gasteiger charge is -2.14. The lowest BCUT2D eigenvalue weighted by atomic mass is 10.0. The maximum atomic E-state index is 13.8. The van der Waals surface area contributed by atoms with Gasteiger partial charge < -0.3 is 10.6 Å². The van der Waals surface area contributed by atoms with Gasteiger partial charge in [-0.2, -0.15) is 4.39 Å². The molecule has 5 heteroatoms.